The minimum Gasteiger partial charge on any atom is -0.221 e. The molecule has 122 valence electrons. The molecule has 0 bridgehead atoms. The molecule has 0 unspecified atom stereocenters. The largest absolute Gasteiger partial charge is 0.262 e. The van der Waals surface area contributed by atoms with Crippen LogP contribution in [-0.2, 0) is 16.4 Å². The van der Waals surface area contributed by atoms with Gasteiger partial charge in [0.25, 0.3) is 10.0 Å². The molecule has 3 heterocycles. The number of hydrogen-bond acceptors (Lipinski definition) is 6. The molecule has 0 radical (unpaired) electrons. The Labute approximate surface area is 139 Å². The summed E-state index contributed by atoms with van der Waals surface area (Å²) in [4.78, 5) is 5.18. The molecule has 3 rings (SSSR count). The third-order valence-corrected chi connectivity index (χ3v) is 7.72. The molecule has 0 spiro atoms. The number of aromatic nitrogens is 3. The fourth-order valence-electron chi connectivity index (χ4n) is 2.42. The minimum atomic E-state index is -3.54. The van der Waals surface area contributed by atoms with Crippen LogP contribution < -0.4 is 0 Å². The van der Waals surface area contributed by atoms with Crippen LogP contribution in [0.4, 0.5) is 0 Å². The van der Waals surface area contributed by atoms with Crippen LogP contribution in [0.15, 0.2) is 5.03 Å². The molecule has 0 N–H and O–H groups in total. The number of nitrogens with zero attached hydrogens (tertiary/aromatic N) is 4. The van der Waals surface area contributed by atoms with E-state index in [9.17, 15) is 8.42 Å². The molecule has 1 saturated heterocycles. The van der Waals surface area contributed by atoms with E-state index in [0.717, 1.165) is 16.5 Å². The lowest BCUT2D eigenvalue weighted by molar-refractivity contribution is 0.438. The second-order valence-corrected chi connectivity index (χ2v) is 9.59. The highest BCUT2D eigenvalue weighted by molar-refractivity contribution is 7.99. The number of fused-ring (bicyclic) bond motifs is 1. The van der Waals surface area contributed by atoms with Crippen LogP contribution in [0.1, 0.15) is 37.4 Å². The van der Waals surface area contributed by atoms with Crippen molar-refractivity contribution < 1.29 is 8.42 Å². The predicted molar refractivity (Wildman–Crippen MR) is 90.4 cm³/mol. The highest BCUT2D eigenvalue weighted by Crippen LogP contribution is 2.29. The monoisotopic (exact) mass is 360 g/mol. The Bertz CT molecular complexity index is 773. The molecule has 0 atom stereocenters. The Morgan fingerprint density at radius 1 is 1.27 bits per heavy atom. The summed E-state index contributed by atoms with van der Waals surface area (Å²) in [5, 5.41) is 5.68. The second kappa shape index (κ2) is 6.10. The average Bonchev–Trinajstić information content (AvgIpc) is 3.04. The summed E-state index contributed by atoms with van der Waals surface area (Å²) in [7, 11) is -3.54. The normalized spacial score (nSPS) is 17.6. The van der Waals surface area contributed by atoms with Crippen LogP contribution in [0.3, 0.4) is 0 Å². The van der Waals surface area contributed by atoms with Crippen molar-refractivity contribution in [3.05, 3.63) is 10.7 Å². The van der Waals surface area contributed by atoms with Gasteiger partial charge in [0.1, 0.15) is 5.01 Å². The third kappa shape index (κ3) is 2.68. The molecule has 1 fully saturated rings. The fraction of sp³-hybridized carbons (Fsp3) is 0.692. The second-order valence-electron chi connectivity index (χ2n) is 5.52. The Morgan fingerprint density at radius 3 is 2.55 bits per heavy atom. The summed E-state index contributed by atoms with van der Waals surface area (Å²) in [6.45, 7) is 7.15. The van der Waals surface area contributed by atoms with Crippen molar-refractivity contribution in [1.82, 2.24) is 18.9 Å². The van der Waals surface area contributed by atoms with Crippen LogP contribution >= 0.6 is 23.1 Å². The van der Waals surface area contributed by atoms with E-state index in [1.807, 2.05) is 6.92 Å². The van der Waals surface area contributed by atoms with E-state index in [1.165, 1.54) is 15.9 Å². The lowest BCUT2D eigenvalue weighted by Crippen LogP contribution is -2.38. The Kier molecular flexibility index (Phi) is 4.50. The fourth-order valence-corrected chi connectivity index (χ4v) is 6.27. The number of hydrogen-bond donors (Lipinski definition) is 0. The smallest absolute Gasteiger partial charge is 0.221 e. The number of aryl methyl sites for hydroxylation is 1. The molecule has 0 aromatic carbocycles. The lowest BCUT2D eigenvalue weighted by atomic mass is 10.2. The SMILES string of the molecule is CCc1nc2sc(C(C)C)nn2c1S(=O)(=O)N1CCSCC1. The minimum absolute atomic E-state index is 0.263. The summed E-state index contributed by atoms with van der Waals surface area (Å²) < 4.78 is 29.2. The molecular formula is C13H20N4O2S3. The van der Waals surface area contributed by atoms with E-state index in [4.69, 9.17) is 0 Å². The van der Waals surface area contributed by atoms with E-state index >= 15 is 0 Å². The number of sulfonamides is 1. The number of rotatable bonds is 4. The highest BCUT2D eigenvalue weighted by Gasteiger charge is 2.33. The molecule has 6 nitrogen and oxygen atoms in total. The number of thioether (sulfide) groups is 1. The Balaban J connectivity index is 2.14. The quantitative estimate of drug-likeness (QED) is 0.836. The van der Waals surface area contributed by atoms with Crippen molar-refractivity contribution in [3.63, 3.8) is 0 Å². The molecule has 2 aromatic rings. The molecule has 1 aliphatic rings. The summed E-state index contributed by atoms with van der Waals surface area (Å²) in [6, 6.07) is 0. The van der Waals surface area contributed by atoms with Crippen molar-refractivity contribution >= 4 is 38.1 Å². The van der Waals surface area contributed by atoms with Crippen LogP contribution in [0.25, 0.3) is 4.96 Å². The maximum atomic E-state index is 13.0. The lowest BCUT2D eigenvalue weighted by Gasteiger charge is -2.25. The number of imidazole rings is 1. The summed E-state index contributed by atoms with van der Waals surface area (Å²) in [5.74, 6) is 1.95. The average molecular weight is 361 g/mol. The van der Waals surface area contributed by atoms with Crippen molar-refractivity contribution in [2.45, 2.75) is 38.1 Å². The first-order valence-electron chi connectivity index (χ1n) is 7.41. The van der Waals surface area contributed by atoms with Gasteiger partial charge >= 0.3 is 0 Å². The first kappa shape index (κ1) is 16.2. The molecule has 1 aliphatic heterocycles. The highest BCUT2D eigenvalue weighted by atomic mass is 32.2. The van der Waals surface area contributed by atoms with Gasteiger partial charge in [0.2, 0.25) is 4.96 Å². The van der Waals surface area contributed by atoms with Gasteiger partial charge in [0.15, 0.2) is 5.03 Å². The van der Waals surface area contributed by atoms with Crippen LogP contribution in [0, 0.1) is 0 Å². The first-order valence-corrected chi connectivity index (χ1v) is 10.8. The van der Waals surface area contributed by atoms with Gasteiger partial charge in [-0.2, -0.15) is 25.7 Å². The first-order chi connectivity index (χ1) is 10.4. The molecule has 0 amide bonds. The van der Waals surface area contributed by atoms with Gasteiger partial charge in [0, 0.05) is 30.5 Å². The maximum Gasteiger partial charge on any atom is 0.262 e. The zero-order valence-electron chi connectivity index (χ0n) is 12.9. The van der Waals surface area contributed by atoms with Gasteiger partial charge in [-0.3, -0.25) is 0 Å². The van der Waals surface area contributed by atoms with Gasteiger partial charge in [-0.25, -0.2) is 13.4 Å². The van der Waals surface area contributed by atoms with Gasteiger partial charge < -0.3 is 0 Å². The van der Waals surface area contributed by atoms with Crippen molar-refractivity contribution in [3.8, 4) is 0 Å². The van der Waals surface area contributed by atoms with Gasteiger partial charge in [-0.1, -0.05) is 32.1 Å². The molecule has 22 heavy (non-hydrogen) atoms. The van der Waals surface area contributed by atoms with E-state index in [1.54, 1.807) is 16.1 Å². The van der Waals surface area contributed by atoms with E-state index in [0.29, 0.717) is 30.2 Å². The van der Waals surface area contributed by atoms with Gasteiger partial charge in [-0.15, -0.1) is 0 Å². The molecule has 0 aliphatic carbocycles. The molecule has 2 aromatic heterocycles. The topological polar surface area (TPSA) is 67.6 Å². The predicted octanol–water partition coefficient (Wildman–Crippen LogP) is 2.21. The van der Waals surface area contributed by atoms with E-state index in [2.05, 4.69) is 23.9 Å². The molecular weight excluding hydrogens is 340 g/mol. The summed E-state index contributed by atoms with van der Waals surface area (Å²) >= 11 is 3.26. The van der Waals surface area contributed by atoms with Crippen molar-refractivity contribution in [2.75, 3.05) is 24.6 Å². The Hall–Kier alpha value is -0.640. The maximum absolute atomic E-state index is 13.0. The standard InChI is InChI=1S/C13H20N4O2S3/c1-4-10-12(22(18,19)16-5-7-20-8-6-16)17-13(14-10)21-11(15-17)9(2)3/h9H,4-8H2,1-3H3. The summed E-state index contributed by atoms with van der Waals surface area (Å²) in [6.07, 6.45) is 0.588. The Morgan fingerprint density at radius 2 is 1.95 bits per heavy atom. The van der Waals surface area contributed by atoms with E-state index < -0.39 is 10.0 Å². The summed E-state index contributed by atoms with van der Waals surface area (Å²) in [5.41, 5.74) is 0.618. The van der Waals surface area contributed by atoms with Crippen LogP contribution in [0.2, 0.25) is 0 Å². The van der Waals surface area contributed by atoms with Gasteiger partial charge in [-0.05, 0) is 6.42 Å². The molecule has 9 heteroatoms. The molecule has 0 saturated carbocycles. The van der Waals surface area contributed by atoms with E-state index in [-0.39, 0.29) is 10.9 Å². The van der Waals surface area contributed by atoms with Crippen molar-refractivity contribution in [2.24, 2.45) is 0 Å². The zero-order valence-corrected chi connectivity index (χ0v) is 15.4. The third-order valence-electron chi connectivity index (χ3n) is 3.63. The van der Waals surface area contributed by atoms with Crippen LogP contribution in [-0.4, -0.2) is 51.9 Å². The van der Waals surface area contributed by atoms with Crippen LogP contribution in [0.5, 0.6) is 0 Å². The van der Waals surface area contributed by atoms with Crippen molar-refractivity contribution in [1.29, 1.82) is 0 Å². The zero-order chi connectivity index (χ0) is 15.9. The van der Waals surface area contributed by atoms with Gasteiger partial charge in [0.05, 0.1) is 5.69 Å².